The number of carbonyl (C=O) groups is 2. The molecule has 2 fully saturated rings. The number of nitrogens with zero attached hydrogens (tertiary/aromatic N) is 1. The molecule has 1 aliphatic heterocycles. The molecule has 3 rings (SSSR count). The molecule has 1 heterocycles. The lowest BCUT2D eigenvalue weighted by Gasteiger charge is -2.15. The van der Waals surface area contributed by atoms with Crippen LogP contribution >= 0.6 is 0 Å². The lowest BCUT2D eigenvalue weighted by Crippen LogP contribution is -2.34. The van der Waals surface area contributed by atoms with Crippen LogP contribution in [-0.2, 0) is 9.59 Å². The SMILES string of the molecule is O=C(COc1cccc(F)c1)NCC1CC(=O)N(C2CC2)C1. The van der Waals surface area contributed by atoms with Gasteiger partial charge in [-0.05, 0) is 25.0 Å². The molecular formula is C16H19FN2O3. The first kappa shape index (κ1) is 14.8. The van der Waals surface area contributed by atoms with Crippen molar-refractivity contribution in [1.29, 1.82) is 0 Å². The number of carbonyl (C=O) groups excluding carboxylic acids is 2. The largest absolute Gasteiger partial charge is 0.484 e. The number of rotatable bonds is 6. The van der Waals surface area contributed by atoms with E-state index in [0.29, 0.717) is 24.8 Å². The van der Waals surface area contributed by atoms with Crippen molar-refractivity contribution in [1.82, 2.24) is 10.2 Å². The summed E-state index contributed by atoms with van der Waals surface area (Å²) in [5.74, 6) is 0.0270. The second kappa shape index (κ2) is 6.34. The molecule has 1 aromatic rings. The Morgan fingerprint density at radius 1 is 1.41 bits per heavy atom. The fourth-order valence-corrected chi connectivity index (χ4v) is 2.70. The first-order valence-electron chi connectivity index (χ1n) is 7.56. The Kier molecular flexibility index (Phi) is 4.27. The van der Waals surface area contributed by atoms with Gasteiger partial charge >= 0.3 is 0 Å². The van der Waals surface area contributed by atoms with Crippen LogP contribution in [0.1, 0.15) is 19.3 Å². The van der Waals surface area contributed by atoms with Crippen molar-refractivity contribution >= 4 is 11.8 Å². The van der Waals surface area contributed by atoms with Crippen molar-refractivity contribution in [2.24, 2.45) is 5.92 Å². The number of hydrogen-bond acceptors (Lipinski definition) is 3. The zero-order valence-electron chi connectivity index (χ0n) is 12.3. The summed E-state index contributed by atoms with van der Waals surface area (Å²) in [6, 6.07) is 6.11. The second-order valence-electron chi connectivity index (χ2n) is 5.90. The molecule has 2 aliphatic rings. The van der Waals surface area contributed by atoms with Crippen molar-refractivity contribution in [2.75, 3.05) is 19.7 Å². The van der Waals surface area contributed by atoms with Gasteiger partial charge in [-0.25, -0.2) is 4.39 Å². The van der Waals surface area contributed by atoms with E-state index in [1.54, 1.807) is 6.07 Å². The zero-order valence-corrected chi connectivity index (χ0v) is 12.3. The quantitative estimate of drug-likeness (QED) is 0.862. The fraction of sp³-hybridized carbons (Fsp3) is 0.500. The molecule has 0 spiro atoms. The Labute approximate surface area is 128 Å². The molecule has 1 unspecified atom stereocenters. The van der Waals surface area contributed by atoms with Gasteiger partial charge in [0, 0.05) is 37.5 Å². The summed E-state index contributed by atoms with van der Waals surface area (Å²) in [5, 5.41) is 2.77. The molecule has 6 heteroatoms. The summed E-state index contributed by atoms with van der Waals surface area (Å²) < 4.78 is 18.2. The van der Waals surface area contributed by atoms with Gasteiger partial charge in [0.25, 0.3) is 5.91 Å². The first-order chi connectivity index (χ1) is 10.6. The van der Waals surface area contributed by atoms with Crippen LogP contribution < -0.4 is 10.1 Å². The highest BCUT2D eigenvalue weighted by atomic mass is 19.1. The van der Waals surface area contributed by atoms with E-state index in [-0.39, 0.29) is 24.3 Å². The molecule has 118 valence electrons. The summed E-state index contributed by atoms with van der Waals surface area (Å²) in [4.78, 5) is 25.5. The van der Waals surface area contributed by atoms with Gasteiger partial charge in [-0.3, -0.25) is 9.59 Å². The van der Waals surface area contributed by atoms with Gasteiger partial charge in [0.1, 0.15) is 11.6 Å². The van der Waals surface area contributed by atoms with Crippen molar-refractivity contribution in [3.63, 3.8) is 0 Å². The van der Waals surface area contributed by atoms with Crippen LogP contribution in [0.5, 0.6) is 5.75 Å². The lowest BCUT2D eigenvalue weighted by molar-refractivity contribution is -0.128. The van der Waals surface area contributed by atoms with Crippen LogP contribution in [0.3, 0.4) is 0 Å². The van der Waals surface area contributed by atoms with E-state index in [2.05, 4.69) is 5.32 Å². The summed E-state index contributed by atoms with van der Waals surface area (Å²) >= 11 is 0. The van der Waals surface area contributed by atoms with Crippen molar-refractivity contribution in [3.8, 4) is 5.75 Å². The van der Waals surface area contributed by atoms with Gasteiger partial charge in [-0.1, -0.05) is 6.07 Å². The number of hydrogen-bond donors (Lipinski definition) is 1. The van der Waals surface area contributed by atoms with Crippen LogP contribution in [0.4, 0.5) is 4.39 Å². The van der Waals surface area contributed by atoms with E-state index in [9.17, 15) is 14.0 Å². The molecule has 0 bridgehead atoms. The Bertz CT molecular complexity index is 574. The van der Waals surface area contributed by atoms with E-state index in [4.69, 9.17) is 4.74 Å². The predicted molar refractivity (Wildman–Crippen MR) is 77.7 cm³/mol. The topological polar surface area (TPSA) is 58.6 Å². The van der Waals surface area contributed by atoms with Crippen LogP contribution in [0, 0.1) is 11.7 Å². The highest BCUT2D eigenvalue weighted by Gasteiger charge is 2.39. The average molecular weight is 306 g/mol. The van der Waals surface area contributed by atoms with Crippen molar-refractivity contribution < 1.29 is 18.7 Å². The molecule has 1 aliphatic carbocycles. The molecule has 0 aromatic heterocycles. The molecule has 1 aromatic carbocycles. The number of ether oxygens (including phenoxy) is 1. The van der Waals surface area contributed by atoms with Gasteiger partial charge in [0.05, 0.1) is 0 Å². The summed E-state index contributed by atoms with van der Waals surface area (Å²) in [6.07, 6.45) is 2.71. The second-order valence-corrected chi connectivity index (χ2v) is 5.90. The summed E-state index contributed by atoms with van der Waals surface area (Å²) in [6.45, 7) is 1.05. The van der Waals surface area contributed by atoms with Crippen molar-refractivity contribution in [3.05, 3.63) is 30.1 Å². The van der Waals surface area contributed by atoms with Crippen LogP contribution in [0.25, 0.3) is 0 Å². The molecule has 2 amide bonds. The van der Waals surface area contributed by atoms with E-state index < -0.39 is 5.82 Å². The monoisotopic (exact) mass is 306 g/mol. The number of halogens is 1. The minimum absolute atomic E-state index is 0.156. The number of nitrogens with one attached hydrogen (secondary N) is 1. The first-order valence-corrected chi connectivity index (χ1v) is 7.56. The molecule has 1 atom stereocenters. The van der Waals surface area contributed by atoms with Crippen LogP contribution in [0.15, 0.2) is 24.3 Å². The Morgan fingerprint density at radius 2 is 2.23 bits per heavy atom. The van der Waals surface area contributed by atoms with Crippen LogP contribution in [-0.4, -0.2) is 42.5 Å². The standard InChI is InChI=1S/C16H19FN2O3/c17-12-2-1-3-14(7-12)22-10-15(20)18-8-11-6-16(21)19(9-11)13-4-5-13/h1-3,7,11,13H,4-6,8-10H2,(H,18,20). The Balaban J connectivity index is 1.38. The molecule has 1 N–H and O–H groups in total. The smallest absolute Gasteiger partial charge is 0.257 e. The maximum absolute atomic E-state index is 13.0. The minimum Gasteiger partial charge on any atom is -0.484 e. The van der Waals surface area contributed by atoms with E-state index >= 15 is 0 Å². The van der Waals surface area contributed by atoms with Crippen molar-refractivity contribution in [2.45, 2.75) is 25.3 Å². The highest BCUT2D eigenvalue weighted by Crippen LogP contribution is 2.32. The summed E-state index contributed by atoms with van der Waals surface area (Å²) in [7, 11) is 0. The third-order valence-electron chi connectivity index (χ3n) is 3.98. The average Bonchev–Trinajstić information content (AvgIpc) is 3.26. The maximum atomic E-state index is 13.0. The normalized spacial score (nSPS) is 21.0. The van der Waals surface area contributed by atoms with Gasteiger partial charge < -0.3 is 15.0 Å². The maximum Gasteiger partial charge on any atom is 0.257 e. The Morgan fingerprint density at radius 3 is 2.95 bits per heavy atom. The number of likely N-dealkylation sites (tertiary alicyclic amines) is 1. The lowest BCUT2D eigenvalue weighted by atomic mass is 10.1. The van der Waals surface area contributed by atoms with E-state index in [1.165, 1.54) is 18.2 Å². The fourth-order valence-electron chi connectivity index (χ4n) is 2.70. The predicted octanol–water partition coefficient (Wildman–Crippen LogP) is 1.33. The third-order valence-corrected chi connectivity index (χ3v) is 3.98. The zero-order chi connectivity index (χ0) is 15.5. The van der Waals surface area contributed by atoms with Gasteiger partial charge in [-0.2, -0.15) is 0 Å². The Hall–Kier alpha value is -2.11. The van der Waals surface area contributed by atoms with E-state index in [1.807, 2.05) is 4.90 Å². The van der Waals surface area contributed by atoms with Gasteiger partial charge in [0.15, 0.2) is 6.61 Å². The number of benzene rings is 1. The van der Waals surface area contributed by atoms with Gasteiger partial charge in [0.2, 0.25) is 5.91 Å². The molecule has 0 radical (unpaired) electrons. The summed E-state index contributed by atoms with van der Waals surface area (Å²) in [5.41, 5.74) is 0. The molecule has 1 saturated carbocycles. The van der Waals surface area contributed by atoms with Gasteiger partial charge in [-0.15, -0.1) is 0 Å². The number of amides is 2. The molecular weight excluding hydrogens is 287 g/mol. The highest BCUT2D eigenvalue weighted by molar-refractivity contribution is 5.80. The molecule has 22 heavy (non-hydrogen) atoms. The van der Waals surface area contributed by atoms with Crippen LogP contribution in [0.2, 0.25) is 0 Å². The molecule has 5 nitrogen and oxygen atoms in total. The third kappa shape index (κ3) is 3.75. The molecule has 1 saturated heterocycles. The van der Waals surface area contributed by atoms with E-state index in [0.717, 1.165) is 19.4 Å². The minimum atomic E-state index is -0.400.